The van der Waals surface area contributed by atoms with Gasteiger partial charge in [-0.15, -0.1) is 0 Å². The first kappa shape index (κ1) is 20.0. The maximum Gasteiger partial charge on any atom is 0.149 e. The standard InChI is InChI=1S/C24H29N5O2/c1-17-2-3-19(16-27-17)28-18-4-6-21(7-5-18)31-23-15-20(29-10-12-30-13-11-29)14-22-24(23)26-9-8-25-22/h2-3,8-9,14-16,18,21,28H,4-7,10-13H2,1H3/t18-,21+. The molecule has 1 aliphatic carbocycles. The quantitative estimate of drug-likeness (QED) is 0.671. The van der Waals surface area contributed by atoms with Crippen LogP contribution in [0.1, 0.15) is 31.4 Å². The lowest BCUT2D eigenvalue weighted by Crippen LogP contribution is -2.36. The van der Waals surface area contributed by atoms with Gasteiger partial charge in [0.25, 0.3) is 0 Å². The number of nitrogens with zero attached hydrogens (tertiary/aromatic N) is 4. The molecular formula is C24H29N5O2. The van der Waals surface area contributed by atoms with Gasteiger partial charge in [0.05, 0.1) is 36.7 Å². The van der Waals surface area contributed by atoms with Gasteiger partial charge in [0, 0.05) is 49.0 Å². The Morgan fingerprint density at radius 3 is 2.58 bits per heavy atom. The summed E-state index contributed by atoms with van der Waals surface area (Å²) >= 11 is 0. The first-order valence-corrected chi connectivity index (χ1v) is 11.2. The van der Waals surface area contributed by atoms with E-state index in [2.05, 4.69) is 43.4 Å². The number of fused-ring (bicyclic) bond motifs is 1. The van der Waals surface area contributed by atoms with Crippen molar-refractivity contribution in [2.45, 2.75) is 44.8 Å². The average Bonchev–Trinajstić information content (AvgIpc) is 2.82. The van der Waals surface area contributed by atoms with Crippen LogP contribution in [-0.2, 0) is 4.74 Å². The van der Waals surface area contributed by atoms with Crippen molar-refractivity contribution in [3.8, 4) is 5.75 Å². The predicted molar refractivity (Wildman–Crippen MR) is 122 cm³/mol. The molecule has 1 saturated carbocycles. The summed E-state index contributed by atoms with van der Waals surface area (Å²) in [5.41, 5.74) is 4.98. The largest absolute Gasteiger partial charge is 0.488 e. The Kier molecular flexibility index (Phi) is 5.84. The van der Waals surface area contributed by atoms with Crippen LogP contribution in [0.5, 0.6) is 5.75 Å². The number of aryl methyl sites for hydroxylation is 1. The van der Waals surface area contributed by atoms with Gasteiger partial charge in [-0.1, -0.05) is 0 Å². The molecular weight excluding hydrogens is 390 g/mol. The number of morpholine rings is 1. The van der Waals surface area contributed by atoms with Crippen LogP contribution in [0.2, 0.25) is 0 Å². The Morgan fingerprint density at radius 1 is 1.00 bits per heavy atom. The first-order valence-electron chi connectivity index (χ1n) is 11.2. The molecule has 0 atom stereocenters. The lowest BCUT2D eigenvalue weighted by Gasteiger charge is -2.31. The summed E-state index contributed by atoms with van der Waals surface area (Å²) < 4.78 is 12.0. The van der Waals surface area contributed by atoms with E-state index in [-0.39, 0.29) is 6.10 Å². The van der Waals surface area contributed by atoms with E-state index in [4.69, 9.17) is 9.47 Å². The van der Waals surface area contributed by atoms with E-state index >= 15 is 0 Å². The van der Waals surface area contributed by atoms with Crippen molar-refractivity contribution in [2.75, 3.05) is 36.5 Å². The number of anilines is 2. The van der Waals surface area contributed by atoms with Gasteiger partial charge in [-0.2, -0.15) is 0 Å². The van der Waals surface area contributed by atoms with E-state index in [1.54, 1.807) is 12.4 Å². The summed E-state index contributed by atoms with van der Waals surface area (Å²) in [6.07, 6.45) is 9.77. The van der Waals surface area contributed by atoms with Crippen LogP contribution in [0.3, 0.4) is 0 Å². The lowest BCUT2D eigenvalue weighted by molar-refractivity contribution is 0.122. The van der Waals surface area contributed by atoms with E-state index in [9.17, 15) is 0 Å². The number of ether oxygens (including phenoxy) is 2. The number of rotatable bonds is 5. The van der Waals surface area contributed by atoms with Gasteiger partial charge >= 0.3 is 0 Å². The number of hydrogen-bond acceptors (Lipinski definition) is 7. The van der Waals surface area contributed by atoms with Crippen LogP contribution in [0.15, 0.2) is 42.9 Å². The predicted octanol–water partition coefficient (Wildman–Crippen LogP) is 3.97. The molecule has 0 bridgehead atoms. The van der Waals surface area contributed by atoms with Crippen molar-refractivity contribution in [1.29, 1.82) is 0 Å². The minimum absolute atomic E-state index is 0.194. The lowest BCUT2D eigenvalue weighted by atomic mass is 9.92. The zero-order valence-corrected chi connectivity index (χ0v) is 18.0. The van der Waals surface area contributed by atoms with Crippen molar-refractivity contribution in [2.24, 2.45) is 0 Å². The minimum Gasteiger partial charge on any atom is -0.488 e. The van der Waals surface area contributed by atoms with Gasteiger partial charge in [-0.05, 0) is 50.8 Å². The molecule has 0 amide bonds. The van der Waals surface area contributed by atoms with E-state index in [1.165, 1.54) is 0 Å². The van der Waals surface area contributed by atoms with Crippen LogP contribution in [0, 0.1) is 6.92 Å². The third-order valence-electron chi connectivity index (χ3n) is 6.15. The van der Waals surface area contributed by atoms with Crippen molar-refractivity contribution in [3.05, 3.63) is 48.5 Å². The maximum absolute atomic E-state index is 6.51. The maximum atomic E-state index is 6.51. The van der Waals surface area contributed by atoms with E-state index < -0.39 is 0 Å². The Bertz CT molecular complexity index is 1010. The van der Waals surface area contributed by atoms with Crippen LogP contribution in [0.25, 0.3) is 11.0 Å². The third kappa shape index (κ3) is 4.71. The molecule has 1 aromatic carbocycles. The average molecular weight is 420 g/mol. The second kappa shape index (κ2) is 9.06. The van der Waals surface area contributed by atoms with Crippen molar-refractivity contribution >= 4 is 22.4 Å². The molecule has 1 saturated heterocycles. The van der Waals surface area contributed by atoms with Crippen LogP contribution in [0.4, 0.5) is 11.4 Å². The molecule has 2 aliphatic rings. The molecule has 2 fully saturated rings. The Labute approximate surface area is 182 Å². The fourth-order valence-corrected chi connectivity index (χ4v) is 4.42. The first-order chi connectivity index (χ1) is 15.2. The summed E-state index contributed by atoms with van der Waals surface area (Å²) in [5.74, 6) is 0.839. The highest BCUT2D eigenvalue weighted by molar-refractivity contribution is 5.85. The van der Waals surface area contributed by atoms with Gasteiger partial charge in [-0.3, -0.25) is 9.97 Å². The number of pyridine rings is 1. The van der Waals surface area contributed by atoms with Crippen molar-refractivity contribution in [3.63, 3.8) is 0 Å². The van der Waals surface area contributed by atoms with Crippen LogP contribution < -0.4 is 15.0 Å². The number of hydrogen-bond donors (Lipinski definition) is 1. The van der Waals surface area contributed by atoms with Gasteiger partial charge in [0.15, 0.2) is 0 Å². The van der Waals surface area contributed by atoms with E-state index in [1.807, 2.05) is 19.2 Å². The highest BCUT2D eigenvalue weighted by Gasteiger charge is 2.24. The topological polar surface area (TPSA) is 72.4 Å². The molecule has 3 aromatic rings. The molecule has 2 aromatic heterocycles. The van der Waals surface area contributed by atoms with Gasteiger partial charge in [-0.25, -0.2) is 4.98 Å². The molecule has 31 heavy (non-hydrogen) atoms. The van der Waals surface area contributed by atoms with Crippen molar-refractivity contribution < 1.29 is 9.47 Å². The molecule has 1 N–H and O–H groups in total. The summed E-state index contributed by atoms with van der Waals surface area (Å²) in [4.78, 5) is 15.8. The number of nitrogens with one attached hydrogen (secondary N) is 1. The minimum atomic E-state index is 0.194. The SMILES string of the molecule is Cc1ccc(N[C@H]2CC[C@@H](Oc3cc(N4CCOCC4)cc4nccnc34)CC2)cn1. The summed E-state index contributed by atoms with van der Waals surface area (Å²) in [6, 6.07) is 8.85. The summed E-state index contributed by atoms with van der Waals surface area (Å²) in [6.45, 7) is 5.28. The zero-order valence-electron chi connectivity index (χ0n) is 18.0. The normalized spacial score (nSPS) is 21.8. The zero-order chi connectivity index (χ0) is 21.0. The second-order valence-corrected chi connectivity index (χ2v) is 8.39. The monoisotopic (exact) mass is 419 g/mol. The van der Waals surface area contributed by atoms with Gasteiger partial charge in [0.1, 0.15) is 11.3 Å². The Morgan fingerprint density at radius 2 is 1.81 bits per heavy atom. The molecule has 7 nitrogen and oxygen atoms in total. The van der Waals surface area contributed by atoms with Crippen molar-refractivity contribution in [1.82, 2.24) is 15.0 Å². The molecule has 162 valence electrons. The Balaban J connectivity index is 1.27. The molecule has 7 heteroatoms. The number of aromatic nitrogens is 3. The molecule has 1 aliphatic heterocycles. The summed E-state index contributed by atoms with van der Waals surface area (Å²) in [5, 5.41) is 3.62. The molecule has 0 radical (unpaired) electrons. The van der Waals surface area contributed by atoms with Gasteiger partial charge < -0.3 is 19.7 Å². The second-order valence-electron chi connectivity index (χ2n) is 8.39. The highest BCUT2D eigenvalue weighted by Crippen LogP contribution is 2.33. The summed E-state index contributed by atoms with van der Waals surface area (Å²) in [7, 11) is 0. The molecule has 0 unspecified atom stereocenters. The smallest absolute Gasteiger partial charge is 0.149 e. The fourth-order valence-electron chi connectivity index (χ4n) is 4.42. The highest BCUT2D eigenvalue weighted by atomic mass is 16.5. The van der Waals surface area contributed by atoms with E-state index in [0.29, 0.717) is 6.04 Å². The third-order valence-corrected chi connectivity index (χ3v) is 6.15. The molecule has 3 heterocycles. The Hall–Kier alpha value is -2.93. The number of benzene rings is 1. The van der Waals surface area contributed by atoms with E-state index in [0.717, 1.165) is 85.8 Å². The van der Waals surface area contributed by atoms with Gasteiger partial charge in [0.2, 0.25) is 0 Å². The fraction of sp³-hybridized carbons (Fsp3) is 0.458. The van der Waals surface area contributed by atoms with Crippen LogP contribution >= 0.6 is 0 Å². The molecule has 0 spiro atoms. The molecule has 5 rings (SSSR count). The van der Waals surface area contributed by atoms with Crippen LogP contribution in [-0.4, -0.2) is 53.4 Å².